The Morgan fingerprint density at radius 2 is 2.44 bits per heavy atom. The molecule has 4 nitrogen and oxygen atoms in total. The van der Waals surface area contributed by atoms with Crippen LogP contribution < -0.4 is 5.32 Å². The minimum atomic E-state index is 0.155. The summed E-state index contributed by atoms with van der Waals surface area (Å²) in [5, 5.41) is 3.03. The van der Waals surface area contributed by atoms with Gasteiger partial charge in [0.15, 0.2) is 0 Å². The maximum atomic E-state index is 11.7. The van der Waals surface area contributed by atoms with Crippen LogP contribution in [0.5, 0.6) is 0 Å². The largest absolute Gasteiger partial charge is 0.343 e. The van der Waals surface area contributed by atoms with Crippen molar-refractivity contribution in [3.63, 3.8) is 0 Å². The lowest BCUT2D eigenvalue weighted by molar-refractivity contribution is -0.129. The van der Waals surface area contributed by atoms with Gasteiger partial charge in [-0.25, -0.2) is 0 Å². The van der Waals surface area contributed by atoms with Crippen LogP contribution in [0, 0.1) is 0 Å². The van der Waals surface area contributed by atoms with E-state index in [0.717, 1.165) is 13.1 Å². The molecule has 0 aliphatic carbocycles. The monoisotopic (exact) mass is 225 g/mol. The highest BCUT2D eigenvalue weighted by Crippen LogP contribution is 2.15. The molecule has 1 saturated heterocycles. The molecule has 1 rings (SSSR count). The molecule has 1 aliphatic rings. The molecule has 1 aliphatic heterocycles. The van der Waals surface area contributed by atoms with Gasteiger partial charge in [-0.15, -0.1) is 6.58 Å². The van der Waals surface area contributed by atoms with E-state index in [1.165, 1.54) is 12.8 Å². The van der Waals surface area contributed by atoms with Gasteiger partial charge in [0, 0.05) is 26.2 Å². The van der Waals surface area contributed by atoms with E-state index in [9.17, 15) is 4.79 Å². The topological polar surface area (TPSA) is 35.6 Å². The van der Waals surface area contributed by atoms with Gasteiger partial charge in [-0.2, -0.15) is 0 Å². The minimum absolute atomic E-state index is 0.155. The summed E-state index contributed by atoms with van der Waals surface area (Å²) < 4.78 is 0. The highest BCUT2D eigenvalue weighted by atomic mass is 16.2. The molecule has 1 heterocycles. The van der Waals surface area contributed by atoms with Crippen molar-refractivity contribution < 1.29 is 4.79 Å². The molecule has 1 unspecified atom stereocenters. The summed E-state index contributed by atoms with van der Waals surface area (Å²) in [6.07, 6.45) is 4.21. The van der Waals surface area contributed by atoms with E-state index in [0.29, 0.717) is 19.1 Å². The Bertz CT molecular complexity index is 242. The Labute approximate surface area is 98.3 Å². The van der Waals surface area contributed by atoms with Crippen molar-refractivity contribution in [1.82, 2.24) is 15.1 Å². The smallest absolute Gasteiger partial charge is 0.236 e. The lowest BCUT2D eigenvalue weighted by Crippen LogP contribution is -2.42. The molecule has 0 spiro atoms. The van der Waals surface area contributed by atoms with Crippen LogP contribution in [-0.4, -0.2) is 62.0 Å². The fourth-order valence-corrected chi connectivity index (χ4v) is 2.04. The number of carbonyl (C=O) groups is 1. The lowest BCUT2D eigenvalue weighted by Gasteiger charge is -2.25. The average Bonchev–Trinajstić information content (AvgIpc) is 2.64. The first-order chi connectivity index (χ1) is 7.65. The van der Waals surface area contributed by atoms with Crippen LogP contribution in [0.1, 0.15) is 12.8 Å². The second-order valence-corrected chi connectivity index (χ2v) is 4.47. The van der Waals surface area contributed by atoms with Crippen LogP contribution in [0.2, 0.25) is 0 Å². The Morgan fingerprint density at radius 1 is 1.69 bits per heavy atom. The molecule has 0 aromatic heterocycles. The molecular weight excluding hydrogens is 202 g/mol. The first-order valence-electron chi connectivity index (χ1n) is 5.91. The third kappa shape index (κ3) is 3.94. The predicted molar refractivity (Wildman–Crippen MR) is 66.4 cm³/mol. The van der Waals surface area contributed by atoms with E-state index in [1.54, 1.807) is 6.08 Å². The molecule has 1 atom stereocenters. The van der Waals surface area contributed by atoms with Gasteiger partial charge in [-0.05, 0) is 26.4 Å². The molecular formula is C12H23N3O. The number of amides is 1. The van der Waals surface area contributed by atoms with Gasteiger partial charge in [0.1, 0.15) is 0 Å². The van der Waals surface area contributed by atoms with E-state index in [2.05, 4.69) is 23.8 Å². The molecule has 92 valence electrons. The van der Waals surface area contributed by atoms with E-state index in [1.807, 2.05) is 11.9 Å². The Kier molecular flexibility index (Phi) is 5.49. The highest BCUT2D eigenvalue weighted by molar-refractivity contribution is 5.78. The van der Waals surface area contributed by atoms with Crippen molar-refractivity contribution in [3.05, 3.63) is 12.7 Å². The van der Waals surface area contributed by atoms with Crippen molar-refractivity contribution in [2.24, 2.45) is 0 Å². The molecule has 0 aromatic carbocycles. The summed E-state index contributed by atoms with van der Waals surface area (Å²) in [7, 11) is 4.01. The van der Waals surface area contributed by atoms with Gasteiger partial charge in [0.2, 0.25) is 5.91 Å². The summed E-state index contributed by atoms with van der Waals surface area (Å²) in [6, 6.07) is 0.536. The van der Waals surface area contributed by atoms with Crippen LogP contribution in [0.25, 0.3) is 0 Å². The maximum absolute atomic E-state index is 11.7. The number of likely N-dealkylation sites (N-methyl/N-ethyl adjacent to an activating group) is 2. The summed E-state index contributed by atoms with van der Waals surface area (Å²) >= 11 is 0. The molecule has 0 radical (unpaired) electrons. The zero-order valence-electron chi connectivity index (χ0n) is 10.4. The van der Waals surface area contributed by atoms with Gasteiger partial charge in [0.25, 0.3) is 0 Å². The van der Waals surface area contributed by atoms with Gasteiger partial charge in [0.05, 0.1) is 6.54 Å². The Balaban J connectivity index is 2.25. The maximum Gasteiger partial charge on any atom is 0.236 e. The highest BCUT2D eigenvalue weighted by Gasteiger charge is 2.23. The SMILES string of the molecule is C=CCNCC(=O)N(C)CC1CCCN1C. The van der Waals surface area contributed by atoms with Crippen molar-refractivity contribution in [3.8, 4) is 0 Å². The third-order valence-corrected chi connectivity index (χ3v) is 3.15. The van der Waals surface area contributed by atoms with Crippen LogP contribution in [-0.2, 0) is 4.79 Å². The van der Waals surface area contributed by atoms with E-state index >= 15 is 0 Å². The molecule has 1 fully saturated rings. The molecule has 0 aromatic rings. The normalized spacial score (nSPS) is 21.0. The summed E-state index contributed by atoms with van der Waals surface area (Å²) in [5.74, 6) is 0.155. The first kappa shape index (κ1) is 13.2. The Morgan fingerprint density at radius 3 is 3.00 bits per heavy atom. The van der Waals surface area contributed by atoms with Crippen molar-refractivity contribution in [2.75, 3.05) is 40.3 Å². The van der Waals surface area contributed by atoms with Crippen LogP contribution >= 0.6 is 0 Å². The number of nitrogens with one attached hydrogen (secondary N) is 1. The zero-order valence-corrected chi connectivity index (χ0v) is 10.4. The lowest BCUT2D eigenvalue weighted by atomic mass is 10.2. The van der Waals surface area contributed by atoms with Crippen LogP contribution in [0.3, 0.4) is 0 Å². The van der Waals surface area contributed by atoms with Gasteiger partial charge >= 0.3 is 0 Å². The van der Waals surface area contributed by atoms with Crippen LogP contribution in [0.4, 0.5) is 0 Å². The number of nitrogens with zero attached hydrogens (tertiary/aromatic N) is 2. The van der Waals surface area contributed by atoms with Gasteiger partial charge < -0.3 is 15.1 Å². The van der Waals surface area contributed by atoms with Gasteiger partial charge in [-0.1, -0.05) is 6.08 Å². The fraction of sp³-hybridized carbons (Fsp3) is 0.750. The molecule has 4 heteroatoms. The average molecular weight is 225 g/mol. The van der Waals surface area contributed by atoms with Crippen molar-refractivity contribution in [1.29, 1.82) is 0 Å². The van der Waals surface area contributed by atoms with E-state index < -0.39 is 0 Å². The number of likely N-dealkylation sites (tertiary alicyclic amines) is 1. The summed E-state index contributed by atoms with van der Waals surface area (Å²) in [6.45, 7) is 6.68. The van der Waals surface area contributed by atoms with Crippen molar-refractivity contribution in [2.45, 2.75) is 18.9 Å². The quantitative estimate of drug-likeness (QED) is 0.522. The molecule has 0 saturated carbocycles. The molecule has 16 heavy (non-hydrogen) atoms. The predicted octanol–water partition coefficient (Wildman–Crippen LogP) is 0.315. The second kappa shape index (κ2) is 6.66. The van der Waals surface area contributed by atoms with Crippen molar-refractivity contribution >= 4 is 5.91 Å². The standard InChI is InChI=1S/C12H23N3O/c1-4-7-13-9-12(16)15(3)10-11-6-5-8-14(11)2/h4,11,13H,1,5-10H2,2-3H3. The summed E-state index contributed by atoms with van der Waals surface area (Å²) in [5.41, 5.74) is 0. The molecule has 0 bridgehead atoms. The number of rotatable bonds is 6. The number of hydrogen-bond acceptors (Lipinski definition) is 3. The minimum Gasteiger partial charge on any atom is -0.343 e. The Hall–Kier alpha value is -0.870. The summed E-state index contributed by atoms with van der Waals surface area (Å²) in [4.78, 5) is 15.9. The van der Waals surface area contributed by atoms with E-state index in [4.69, 9.17) is 0 Å². The number of carbonyl (C=O) groups excluding carboxylic acids is 1. The molecule has 1 amide bonds. The fourth-order valence-electron chi connectivity index (χ4n) is 2.04. The molecule has 1 N–H and O–H groups in total. The van der Waals surface area contributed by atoms with Crippen LogP contribution in [0.15, 0.2) is 12.7 Å². The zero-order chi connectivity index (χ0) is 12.0. The van der Waals surface area contributed by atoms with Gasteiger partial charge in [-0.3, -0.25) is 4.79 Å². The van der Waals surface area contributed by atoms with E-state index in [-0.39, 0.29) is 5.91 Å². The third-order valence-electron chi connectivity index (χ3n) is 3.15. The first-order valence-corrected chi connectivity index (χ1v) is 5.91. The number of hydrogen-bond donors (Lipinski definition) is 1. The second-order valence-electron chi connectivity index (χ2n) is 4.47.